The maximum atomic E-state index is 6.16. The summed E-state index contributed by atoms with van der Waals surface area (Å²) >= 11 is 3.61. The van der Waals surface area contributed by atoms with Gasteiger partial charge in [-0.1, -0.05) is 41.4 Å². The summed E-state index contributed by atoms with van der Waals surface area (Å²) < 4.78 is 2.82. The first-order chi connectivity index (χ1) is 8.90. The molecule has 2 aromatic rings. The van der Waals surface area contributed by atoms with Crippen LogP contribution >= 0.6 is 15.9 Å². The van der Waals surface area contributed by atoms with Gasteiger partial charge in [0.1, 0.15) is 5.82 Å². The highest BCUT2D eigenvalue weighted by molar-refractivity contribution is 9.10. The Kier molecular flexibility index (Phi) is 3.99. The van der Waals surface area contributed by atoms with Crippen LogP contribution in [0.2, 0.25) is 0 Å². The summed E-state index contributed by atoms with van der Waals surface area (Å²) in [5.41, 5.74) is 10.6. The normalized spacial score (nSPS) is 11.3. The Balaban J connectivity index is 2.61. The molecule has 0 bridgehead atoms. The maximum Gasteiger partial charge on any atom is 0.125 e. The van der Waals surface area contributed by atoms with E-state index < -0.39 is 0 Å². The third-order valence-electron chi connectivity index (χ3n) is 3.18. The average Bonchev–Trinajstić information content (AvgIpc) is 2.60. The van der Waals surface area contributed by atoms with Crippen molar-refractivity contribution in [1.29, 1.82) is 0 Å². The number of rotatable bonds is 3. The molecule has 1 aromatic carbocycles. The average molecular weight is 322 g/mol. The number of nitrogens with two attached hydrogens (primary N) is 1. The van der Waals surface area contributed by atoms with Gasteiger partial charge in [-0.15, -0.1) is 0 Å². The molecule has 2 rings (SSSR count). The zero-order valence-corrected chi connectivity index (χ0v) is 13.5. The van der Waals surface area contributed by atoms with E-state index in [1.165, 1.54) is 5.56 Å². The highest BCUT2D eigenvalue weighted by atomic mass is 79.9. The SMILES string of the molecule is Cc1ccc(Br)c(-c2nn(C)c(N)c2CC(C)C)c1. The number of aromatic nitrogens is 2. The van der Waals surface area contributed by atoms with Crippen LogP contribution in [0, 0.1) is 12.8 Å². The number of anilines is 1. The Hall–Kier alpha value is -1.29. The number of hydrogen-bond acceptors (Lipinski definition) is 2. The van der Waals surface area contributed by atoms with Crippen LogP contribution in [0.5, 0.6) is 0 Å². The summed E-state index contributed by atoms with van der Waals surface area (Å²) in [4.78, 5) is 0. The second-order valence-electron chi connectivity index (χ2n) is 5.42. The van der Waals surface area contributed by atoms with Crippen molar-refractivity contribution in [2.45, 2.75) is 27.2 Å². The van der Waals surface area contributed by atoms with E-state index in [-0.39, 0.29) is 0 Å². The first-order valence-corrected chi connectivity index (χ1v) is 7.27. The van der Waals surface area contributed by atoms with Crippen LogP contribution in [-0.4, -0.2) is 9.78 Å². The summed E-state index contributed by atoms with van der Waals surface area (Å²) in [6, 6.07) is 6.30. The lowest BCUT2D eigenvalue weighted by atomic mass is 9.98. The van der Waals surface area contributed by atoms with Crippen molar-refractivity contribution in [1.82, 2.24) is 9.78 Å². The fraction of sp³-hybridized carbons (Fsp3) is 0.400. The van der Waals surface area contributed by atoms with Gasteiger partial charge in [0.25, 0.3) is 0 Å². The smallest absolute Gasteiger partial charge is 0.125 e. The predicted octanol–water partition coefficient (Wildman–Crippen LogP) is 3.94. The molecule has 0 saturated carbocycles. The van der Waals surface area contributed by atoms with Gasteiger partial charge in [-0.05, 0) is 31.4 Å². The first-order valence-electron chi connectivity index (χ1n) is 6.48. The largest absolute Gasteiger partial charge is 0.384 e. The topological polar surface area (TPSA) is 43.8 Å². The zero-order chi connectivity index (χ0) is 14.2. The molecule has 1 aromatic heterocycles. The summed E-state index contributed by atoms with van der Waals surface area (Å²) in [5.74, 6) is 1.31. The number of nitrogen functional groups attached to an aromatic ring is 1. The number of halogens is 1. The molecular weight excluding hydrogens is 302 g/mol. The zero-order valence-electron chi connectivity index (χ0n) is 11.9. The molecule has 0 fully saturated rings. The van der Waals surface area contributed by atoms with Crippen LogP contribution in [0.4, 0.5) is 5.82 Å². The fourth-order valence-electron chi connectivity index (χ4n) is 2.23. The van der Waals surface area contributed by atoms with Crippen LogP contribution in [-0.2, 0) is 13.5 Å². The Morgan fingerprint density at radius 3 is 2.68 bits per heavy atom. The predicted molar refractivity (Wildman–Crippen MR) is 84.0 cm³/mol. The Morgan fingerprint density at radius 2 is 2.05 bits per heavy atom. The maximum absolute atomic E-state index is 6.16. The third kappa shape index (κ3) is 2.84. The minimum Gasteiger partial charge on any atom is -0.384 e. The van der Waals surface area contributed by atoms with E-state index >= 15 is 0 Å². The minimum atomic E-state index is 0.550. The summed E-state index contributed by atoms with van der Waals surface area (Å²) in [5, 5.41) is 4.60. The Morgan fingerprint density at radius 1 is 1.37 bits per heavy atom. The summed E-state index contributed by atoms with van der Waals surface area (Å²) in [6.45, 7) is 6.48. The van der Waals surface area contributed by atoms with Gasteiger partial charge in [0.2, 0.25) is 0 Å². The molecule has 19 heavy (non-hydrogen) atoms. The lowest BCUT2D eigenvalue weighted by Gasteiger charge is -2.08. The fourth-order valence-corrected chi connectivity index (χ4v) is 2.66. The molecule has 0 spiro atoms. The van der Waals surface area contributed by atoms with Gasteiger partial charge < -0.3 is 5.73 Å². The highest BCUT2D eigenvalue weighted by Gasteiger charge is 2.18. The van der Waals surface area contributed by atoms with E-state index in [1.807, 2.05) is 7.05 Å². The molecule has 0 unspecified atom stereocenters. The van der Waals surface area contributed by atoms with Crippen molar-refractivity contribution in [2.24, 2.45) is 13.0 Å². The van der Waals surface area contributed by atoms with E-state index in [1.54, 1.807) is 4.68 Å². The van der Waals surface area contributed by atoms with Crippen molar-refractivity contribution < 1.29 is 0 Å². The molecule has 0 radical (unpaired) electrons. The number of aryl methyl sites for hydroxylation is 2. The van der Waals surface area contributed by atoms with Gasteiger partial charge in [-0.25, -0.2) is 0 Å². The monoisotopic (exact) mass is 321 g/mol. The molecule has 0 aliphatic carbocycles. The third-order valence-corrected chi connectivity index (χ3v) is 3.87. The van der Waals surface area contributed by atoms with E-state index in [2.05, 4.69) is 60.0 Å². The van der Waals surface area contributed by atoms with Crippen molar-refractivity contribution in [3.63, 3.8) is 0 Å². The molecule has 2 N–H and O–H groups in total. The lowest BCUT2D eigenvalue weighted by Crippen LogP contribution is -2.02. The molecule has 0 saturated heterocycles. The Bertz CT molecular complexity index is 600. The Labute approximate surface area is 122 Å². The van der Waals surface area contributed by atoms with Crippen LogP contribution in [0.1, 0.15) is 25.0 Å². The van der Waals surface area contributed by atoms with E-state index in [9.17, 15) is 0 Å². The molecule has 0 amide bonds. The standard InChI is InChI=1S/C15H20BrN3/c1-9(2)7-12-14(18-19(4)15(12)17)11-8-10(3)5-6-13(11)16/h5-6,8-9H,7,17H2,1-4H3. The van der Waals surface area contributed by atoms with Gasteiger partial charge in [0, 0.05) is 22.6 Å². The quantitative estimate of drug-likeness (QED) is 0.930. The van der Waals surface area contributed by atoms with Gasteiger partial charge in [-0.2, -0.15) is 5.10 Å². The molecule has 102 valence electrons. The minimum absolute atomic E-state index is 0.550. The number of hydrogen-bond donors (Lipinski definition) is 1. The molecule has 0 atom stereocenters. The second-order valence-corrected chi connectivity index (χ2v) is 6.27. The van der Waals surface area contributed by atoms with Crippen LogP contribution in [0.25, 0.3) is 11.3 Å². The van der Waals surface area contributed by atoms with Gasteiger partial charge in [0.15, 0.2) is 0 Å². The highest BCUT2D eigenvalue weighted by Crippen LogP contribution is 2.34. The molecule has 3 nitrogen and oxygen atoms in total. The molecule has 0 aliphatic heterocycles. The summed E-state index contributed by atoms with van der Waals surface area (Å²) in [6.07, 6.45) is 0.940. The second kappa shape index (κ2) is 5.37. The van der Waals surface area contributed by atoms with E-state index in [0.29, 0.717) is 5.92 Å². The van der Waals surface area contributed by atoms with Crippen molar-refractivity contribution >= 4 is 21.7 Å². The van der Waals surface area contributed by atoms with Crippen LogP contribution in [0.15, 0.2) is 22.7 Å². The molecular formula is C15H20BrN3. The summed E-state index contributed by atoms with van der Waals surface area (Å²) in [7, 11) is 1.90. The van der Waals surface area contributed by atoms with Crippen molar-refractivity contribution in [2.75, 3.05) is 5.73 Å². The van der Waals surface area contributed by atoms with Gasteiger partial charge >= 0.3 is 0 Å². The van der Waals surface area contributed by atoms with Gasteiger partial charge in [0.05, 0.1) is 5.69 Å². The lowest BCUT2D eigenvalue weighted by molar-refractivity contribution is 0.648. The van der Waals surface area contributed by atoms with E-state index in [0.717, 1.165) is 33.5 Å². The van der Waals surface area contributed by atoms with Crippen LogP contribution < -0.4 is 5.73 Å². The first kappa shape index (κ1) is 14.1. The van der Waals surface area contributed by atoms with Gasteiger partial charge in [-0.3, -0.25) is 4.68 Å². The molecule has 4 heteroatoms. The van der Waals surface area contributed by atoms with Crippen LogP contribution in [0.3, 0.4) is 0 Å². The van der Waals surface area contributed by atoms with Crippen molar-refractivity contribution in [3.05, 3.63) is 33.8 Å². The number of nitrogens with zero attached hydrogens (tertiary/aromatic N) is 2. The molecule has 0 aliphatic rings. The van der Waals surface area contributed by atoms with E-state index in [4.69, 9.17) is 5.73 Å². The number of benzene rings is 1. The van der Waals surface area contributed by atoms with Crippen molar-refractivity contribution in [3.8, 4) is 11.3 Å². The molecule has 1 heterocycles.